The number of nitrogens with one attached hydrogen (secondary N) is 2. The van der Waals surface area contributed by atoms with E-state index in [0.29, 0.717) is 17.7 Å². The van der Waals surface area contributed by atoms with Gasteiger partial charge >= 0.3 is 0 Å². The van der Waals surface area contributed by atoms with Crippen LogP contribution in [-0.2, 0) is 19.9 Å². The van der Waals surface area contributed by atoms with E-state index in [1.54, 1.807) is 30.0 Å². The van der Waals surface area contributed by atoms with Gasteiger partial charge in [-0.25, -0.2) is 4.90 Å². The normalized spacial score (nSPS) is 28.2. The number of para-hydroxylation sites is 1. The predicted molar refractivity (Wildman–Crippen MR) is 119 cm³/mol. The van der Waals surface area contributed by atoms with Crippen LogP contribution in [0.4, 0.5) is 17.1 Å². The van der Waals surface area contributed by atoms with E-state index in [4.69, 9.17) is 0 Å². The zero-order chi connectivity index (χ0) is 22.6. The van der Waals surface area contributed by atoms with E-state index in [-0.39, 0.29) is 29.2 Å². The number of hydrogen-bond acceptors (Lipinski definition) is 7. The maximum absolute atomic E-state index is 13.7. The molecule has 2 aromatic carbocycles. The molecule has 3 heterocycles. The van der Waals surface area contributed by atoms with Crippen LogP contribution in [0, 0.1) is 22.0 Å². The highest BCUT2D eigenvalue weighted by Crippen LogP contribution is 2.54. The van der Waals surface area contributed by atoms with Crippen LogP contribution in [0.15, 0.2) is 48.5 Å². The van der Waals surface area contributed by atoms with Crippen molar-refractivity contribution in [3.8, 4) is 0 Å². The molecule has 164 valence electrons. The predicted octanol–water partition coefficient (Wildman–Crippen LogP) is 2.27. The van der Waals surface area contributed by atoms with E-state index in [9.17, 15) is 24.5 Å². The average Bonchev–Trinajstić information content (AvgIpc) is 3.37. The van der Waals surface area contributed by atoms with Crippen LogP contribution in [0.3, 0.4) is 0 Å². The lowest BCUT2D eigenvalue weighted by Crippen LogP contribution is -2.53. The first kappa shape index (κ1) is 20.7. The van der Waals surface area contributed by atoms with Crippen molar-refractivity contribution in [3.05, 3.63) is 64.2 Å². The number of thioether (sulfide) groups is 1. The van der Waals surface area contributed by atoms with Crippen molar-refractivity contribution in [1.29, 1.82) is 0 Å². The molecule has 2 saturated heterocycles. The van der Waals surface area contributed by atoms with Gasteiger partial charge in [-0.2, -0.15) is 11.8 Å². The summed E-state index contributed by atoms with van der Waals surface area (Å²) in [6, 6.07) is 12.2. The molecule has 0 aromatic heterocycles. The summed E-state index contributed by atoms with van der Waals surface area (Å²) in [6.45, 7) is 0. The Bertz CT molecular complexity index is 1150. The fraction of sp³-hybridized carbons (Fsp3) is 0.318. The molecule has 3 aliphatic rings. The van der Waals surface area contributed by atoms with Crippen LogP contribution in [0.5, 0.6) is 0 Å². The lowest BCUT2D eigenvalue weighted by Gasteiger charge is -2.29. The maximum atomic E-state index is 13.7. The second-order valence-electron chi connectivity index (χ2n) is 8.13. The largest absolute Gasteiger partial charge is 0.324 e. The van der Waals surface area contributed by atoms with Gasteiger partial charge in [0.2, 0.25) is 17.7 Å². The summed E-state index contributed by atoms with van der Waals surface area (Å²) in [4.78, 5) is 52.1. The third-order valence-electron chi connectivity index (χ3n) is 6.57. The zero-order valence-electron chi connectivity index (χ0n) is 17.1. The number of nitro benzene ring substituents is 1. The Kier molecular flexibility index (Phi) is 4.79. The summed E-state index contributed by atoms with van der Waals surface area (Å²) in [5.74, 6) is -2.05. The Morgan fingerprint density at radius 2 is 1.81 bits per heavy atom. The van der Waals surface area contributed by atoms with E-state index < -0.39 is 28.2 Å². The van der Waals surface area contributed by atoms with Crippen molar-refractivity contribution in [2.75, 3.05) is 22.2 Å². The van der Waals surface area contributed by atoms with Crippen LogP contribution in [0.25, 0.3) is 0 Å². The lowest BCUT2D eigenvalue weighted by atomic mass is 9.76. The number of imide groups is 1. The van der Waals surface area contributed by atoms with Gasteiger partial charge in [0.05, 0.1) is 22.4 Å². The van der Waals surface area contributed by atoms with Crippen molar-refractivity contribution in [3.63, 3.8) is 0 Å². The highest BCUT2D eigenvalue weighted by molar-refractivity contribution is 7.98. The van der Waals surface area contributed by atoms with E-state index in [1.165, 1.54) is 24.3 Å². The van der Waals surface area contributed by atoms with E-state index in [1.807, 2.05) is 12.3 Å². The summed E-state index contributed by atoms with van der Waals surface area (Å²) >= 11 is 1.63. The number of non-ortho nitro benzene ring substituents is 1. The fourth-order valence-electron chi connectivity index (χ4n) is 5.23. The topological polar surface area (TPSA) is 122 Å². The molecule has 3 amide bonds. The Hall–Kier alpha value is -3.24. The summed E-state index contributed by atoms with van der Waals surface area (Å²) in [5.41, 5.74) is 0.104. The van der Waals surface area contributed by atoms with Gasteiger partial charge in [-0.05, 0) is 36.6 Å². The molecule has 9 nitrogen and oxygen atoms in total. The molecule has 32 heavy (non-hydrogen) atoms. The molecular weight excluding hydrogens is 432 g/mol. The Morgan fingerprint density at radius 1 is 1.09 bits per heavy atom. The highest BCUT2D eigenvalue weighted by Gasteiger charge is 2.70. The van der Waals surface area contributed by atoms with Gasteiger partial charge in [0.1, 0.15) is 5.54 Å². The molecule has 2 N–H and O–H groups in total. The van der Waals surface area contributed by atoms with E-state index in [2.05, 4.69) is 10.6 Å². The third kappa shape index (κ3) is 2.72. The molecule has 0 saturated carbocycles. The van der Waals surface area contributed by atoms with Gasteiger partial charge in [-0.1, -0.05) is 18.2 Å². The standard InChI is InChI=1S/C22H20N4O5S/c1-32-11-10-16-17-18(22(24-16)14-4-2-3-5-15(14)23-21(22)29)20(28)25(19(17)27)12-6-8-13(9-7-12)26(30)31/h2-9,16-18,24H,10-11H2,1H3,(H,23,29)/t16-,17+,18+,22-/m0/s1. The van der Waals surface area contributed by atoms with Crippen molar-refractivity contribution in [2.45, 2.75) is 18.0 Å². The number of rotatable bonds is 5. The maximum Gasteiger partial charge on any atom is 0.269 e. The molecule has 0 radical (unpaired) electrons. The van der Waals surface area contributed by atoms with Gasteiger partial charge in [-0.15, -0.1) is 0 Å². The van der Waals surface area contributed by atoms with Crippen LogP contribution in [0.2, 0.25) is 0 Å². The quantitative estimate of drug-likeness (QED) is 0.405. The number of fused-ring (bicyclic) bond motifs is 4. The lowest BCUT2D eigenvalue weighted by molar-refractivity contribution is -0.384. The molecule has 4 atom stereocenters. The number of hydrogen-bond donors (Lipinski definition) is 2. The minimum absolute atomic E-state index is 0.131. The Labute approximate surface area is 187 Å². The minimum atomic E-state index is -1.33. The van der Waals surface area contributed by atoms with E-state index >= 15 is 0 Å². The summed E-state index contributed by atoms with van der Waals surface area (Å²) in [5, 5.41) is 17.2. The molecule has 5 rings (SSSR count). The number of carbonyl (C=O) groups is 3. The van der Waals surface area contributed by atoms with Crippen LogP contribution in [-0.4, -0.2) is 40.7 Å². The van der Waals surface area contributed by atoms with Gasteiger partial charge in [0, 0.05) is 29.4 Å². The first-order valence-electron chi connectivity index (χ1n) is 10.2. The number of anilines is 2. The second-order valence-corrected chi connectivity index (χ2v) is 9.11. The number of nitrogens with zero attached hydrogens (tertiary/aromatic N) is 2. The smallest absolute Gasteiger partial charge is 0.269 e. The Balaban J connectivity index is 1.61. The van der Waals surface area contributed by atoms with Crippen LogP contribution < -0.4 is 15.5 Å². The number of benzene rings is 2. The molecular formula is C22H20N4O5S. The van der Waals surface area contributed by atoms with Gasteiger partial charge < -0.3 is 5.32 Å². The van der Waals surface area contributed by atoms with Crippen molar-refractivity contribution >= 4 is 46.5 Å². The van der Waals surface area contributed by atoms with Crippen LogP contribution in [0.1, 0.15) is 12.0 Å². The molecule has 2 aromatic rings. The van der Waals surface area contributed by atoms with E-state index in [0.717, 1.165) is 10.7 Å². The number of carbonyl (C=O) groups excluding carboxylic acids is 3. The minimum Gasteiger partial charge on any atom is -0.324 e. The first-order chi connectivity index (χ1) is 15.4. The third-order valence-corrected chi connectivity index (χ3v) is 7.22. The second kappa shape index (κ2) is 7.42. The summed E-state index contributed by atoms with van der Waals surface area (Å²) in [7, 11) is 0. The van der Waals surface area contributed by atoms with Gasteiger partial charge in [0.15, 0.2) is 0 Å². The number of nitro groups is 1. The fourth-order valence-corrected chi connectivity index (χ4v) is 5.72. The highest BCUT2D eigenvalue weighted by atomic mass is 32.2. The molecule has 1 spiro atoms. The molecule has 2 fully saturated rings. The zero-order valence-corrected chi connectivity index (χ0v) is 17.9. The monoisotopic (exact) mass is 452 g/mol. The molecule has 0 aliphatic carbocycles. The van der Waals surface area contributed by atoms with Crippen molar-refractivity contribution < 1.29 is 19.3 Å². The molecule has 0 unspecified atom stereocenters. The Morgan fingerprint density at radius 3 is 2.50 bits per heavy atom. The van der Waals surface area contributed by atoms with Crippen molar-refractivity contribution in [2.24, 2.45) is 11.8 Å². The average molecular weight is 452 g/mol. The van der Waals surface area contributed by atoms with Gasteiger partial charge in [-0.3, -0.25) is 29.8 Å². The van der Waals surface area contributed by atoms with Crippen molar-refractivity contribution in [1.82, 2.24) is 5.32 Å². The molecule has 0 bridgehead atoms. The molecule has 10 heteroatoms. The summed E-state index contributed by atoms with van der Waals surface area (Å²) < 4.78 is 0. The SMILES string of the molecule is CSCC[C@@H]1N[C@]2(C(=O)Nc3ccccc32)[C@H]2C(=O)N(c3ccc([N+](=O)[O-])cc3)C(=O)[C@H]12. The van der Waals surface area contributed by atoms with Gasteiger partial charge in [0.25, 0.3) is 5.69 Å². The first-order valence-corrected chi connectivity index (χ1v) is 11.6. The molecule has 3 aliphatic heterocycles. The summed E-state index contributed by atoms with van der Waals surface area (Å²) in [6.07, 6.45) is 2.58. The van der Waals surface area contributed by atoms with Crippen LogP contribution >= 0.6 is 11.8 Å². The number of amides is 3.